The van der Waals surface area contributed by atoms with Gasteiger partial charge in [-0.2, -0.15) is 5.10 Å². The minimum absolute atomic E-state index is 0. The van der Waals surface area contributed by atoms with Crippen LogP contribution in [0.15, 0.2) is 65.2 Å². The predicted octanol–water partition coefficient (Wildman–Crippen LogP) is 2.40. The number of carbonyl (C=O) groups is 4. The van der Waals surface area contributed by atoms with Crippen molar-refractivity contribution in [1.29, 1.82) is 0 Å². The van der Waals surface area contributed by atoms with Crippen molar-refractivity contribution in [2.45, 2.75) is 26.9 Å². The van der Waals surface area contributed by atoms with Crippen molar-refractivity contribution in [3.63, 3.8) is 0 Å². The van der Waals surface area contributed by atoms with Crippen molar-refractivity contribution in [2.24, 2.45) is 11.5 Å². The largest absolute Gasteiger partial charge is 0.477 e. The van der Waals surface area contributed by atoms with Crippen LogP contribution in [0.3, 0.4) is 0 Å². The van der Waals surface area contributed by atoms with Crippen LogP contribution in [0.4, 0.5) is 0 Å². The first-order valence-electron chi connectivity index (χ1n) is 12.0. The highest BCUT2D eigenvalue weighted by atomic mass is 16.5. The molecule has 6 N–H and O–H groups in total. The molecule has 218 valence electrons. The molecule has 3 heterocycles. The van der Waals surface area contributed by atoms with Gasteiger partial charge in [-0.3, -0.25) is 9.59 Å². The van der Waals surface area contributed by atoms with Crippen LogP contribution in [-0.4, -0.2) is 55.6 Å². The molecule has 0 saturated heterocycles. The lowest BCUT2D eigenvalue weighted by Gasteiger charge is -2.07. The number of esters is 1. The smallest absolute Gasteiger partial charge is 0.354 e. The van der Waals surface area contributed by atoms with E-state index in [1.807, 2.05) is 12.1 Å². The summed E-state index contributed by atoms with van der Waals surface area (Å²) in [5.74, 6) is -2.15. The number of amides is 2. The highest BCUT2D eigenvalue weighted by Crippen LogP contribution is 2.17. The van der Waals surface area contributed by atoms with Gasteiger partial charge in [-0.15, -0.1) is 0 Å². The molecule has 0 saturated carbocycles. The van der Waals surface area contributed by atoms with E-state index >= 15 is 0 Å². The van der Waals surface area contributed by atoms with Crippen LogP contribution in [0.25, 0.3) is 16.7 Å². The third-order valence-electron chi connectivity index (χ3n) is 5.82. The number of rotatable bonds is 7. The van der Waals surface area contributed by atoms with Crippen LogP contribution >= 0.6 is 0 Å². The number of carboxylic acid groups (broad SMARTS) is 1. The zero-order valence-electron chi connectivity index (χ0n) is 21.9. The van der Waals surface area contributed by atoms with E-state index in [2.05, 4.69) is 25.1 Å². The zero-order valence-corrected chi connectivity index (χ0v) is 21.9. The number of nitrogens with one attached hydrogen (secondary N) is 1. The fourth-order valence-electron chi connectivity index (χ4n) is 3.76. The first kappa shape index (κ1) is 30.9. The molecule has 42 heavy (non-hydrogen) atoms. The Hall–Kier alpha value is -5.63. The van der Waals surface area contributed by atoms with E-state index in [1.54, 1.807) is 25.1 Å². The average molecular weight is 576 g/mol. The van der Waals surface area contributed by atoms with Gasteiger partial charge in [0, 0.05) is 25.6 Å². The summed E-state index contributed by atoms with van der Waals surface area (Å²) in [6.07, 6.45) is 1.42. The van der Waals surface area contributed by atoms with Crippen LogP contribution in [0.1, 0.15) is 61.8 Å². The van der Waals surface area contributed by atoms with E-state index < -0.39 is 29.8 Å². The Morgan fingerprint density at radius 2 is 1.79 bits per heavy atom. The summed E-state index contributed by atoms with van der Waals surface area (Å²) in [4.78, 5) is 54.0. The average Bonchev–Trinajstić information content (AvgIpc) is 3.60. The number of nitrogens with two attached hydrogens (primary N) is 2. The summed E-state index contributed by atoms with van der Waals surface area (Å²) < 4.78 is 11.1. The second-order valence-electron chi connectivity index (χ2n) is 8.64. The number of oxazole rings is 1. The minimum atomic E-state index is -1.19. The van der Waals surface area contributed by atoms with E-state index in [9.17, 15) is 24.3 Å². The predicted molar refractivity (Wildman–Crippen MR) is 150 cm³/mol. The lowest BCUT2D eigenvalue weighted by Crippen LogP contribution is -2.28. The molecule has 0 aliphatic carbocycles. The molecule has 0 aliphatic heterocycles. The normalized spacial score (nSPS) is 11.1. The first-order chi connectivity index (χ1) is 19.6. The van der Waals surface area contributed by atoms with Crippen molar-refractivity contribution in [2.75, 3.05) is 7.11 Å². The number of primary amides is 1. The summed E-state index contributed by atoms with van der Waals surface area (Å²) in [6, 6.07) is 13.5. The van der Waals surface area contributed by atoms with Crippen LogP contribution in [0.5, 0.6) is 0 Å². The van der Waals surface area contributed by atoms with E-state index in [4.69, 9.17) is 15.9 Å². The van der Waals surface area contributed by atoms with Crippen molar-refractivity contribution in [3.05, 3.63) is 94.8 Å². The van der Waals surface area contributed by atoms with Crippen LogP contribution < -0.4 is 16.8 Å². The lowest BCUT2D eigenvalue weighted by atomic mass is 10.1. The van der Waals surface area contributed by atoms with Crippen LogP contribution in [-0.2, 0) is 16.1 Å². The molecule has 5 aromatic rings. The summed E-state index contributed by atoms with van der Waals surface area (Å²) in [5.41, 5.74) is 13.9. The number of aromatic nitrogens is 4. The number of benzene rings is 2. The van der Waals surface area contributed by atoms with Crippen LogP contribution in [0, 0.1) is 6.92 Å². The van der Waals surface area contributed by atoms with E-state index in [1.165, 1.54) is 42.1 Å². The highest BCUT2D eigenvalue weighted by molar-refractivity contribution is 5.96. The molecular weight excluding hydrogens is 546 g/mol. The van der Waals surface area contributed by atoms with Gasteiger partial charge in [0.05, 0.1) is 18.9 Å². The molecule has 1 atom stereocenters. The number of fused-ring (bicyclic) bond motifs is 2. The number of hydrogen-bond acceptors (Lipinski definition) is 10. The maximum Gasteiger partial charge on any atom is 0.354 e. The Kier molecular flexibility index (Phi) is 9.68. The van der Waals surface area contributed by atoms with Gasteiger partial charge in [0.1, 0.15) is 17.3 Å². The third-order valence-corrected chi connectivity index (χ3v) is 5.82. The first-order valence-corrected chi connectivity index (χ1v) is 12.0. The van der Waals surface area contributed by atoms with Crippen molar-refractivity contribution in [3.8, 4) is 0 Å². The van der Waals surface area contributed by atoms with Gasteiger partial charge in [-0.25, -0.2) is 24.1 Å². The van der Waals surface area contributed by atoms with Crippen molar-refractivity contribution in [1.82, 2.24) is 24.9 Å². The number of hydrogen-bond donors (Lipinski definition) is 4. The monoisotopic (exact) mass is 575 g/mol. The Bertz CT molecular complexity index is 1760. The maximum atomic E-state index is 12.4. The standard InChI is InChI=1S/C17H13N5O4.C10H12N2O3.CH4/c1-9-20-11-6-10(2-3-14(11)26-9)8-18-16(23)12-7-13(17(24)25)22-15(21-12)4-5-19-22;1-15-10(14)7-4-2-6(3-5-7)8(11)9(12)13;/h2-7H,8H2,1H3,(H,18,23)(H,24,25);2-5,8H,11H2,1H3,(H2,12,13);1H4/t;8-;/m.1./s1. The molecule has 0 radical (unpaired) electrons. The number of carboxylic acids is 1. The van der Waals surface area contributed by atoms with Gasteiger partial charge in [-0.05, 0) is 35.4 Å². The van der Waals surface area contributed by atoms with Gasteiger partial charge in [0.15, 0.2) is 22.8 Å². The fraction of sp³-hybridized carbons (Fsp3) is 0.179. The number of methoxy groups -OCH3 is 1. The van der Waals surface area contributed by atoms with Gasteiger partial charge in [-0.1, -0.05) is 25.6 Å². The third kappa shape index (κ3) is 6.92. The second kappa shape index (κ2) is 13.1. The van der Waals surface area contributed by atoms with Crippen molar-refractivity contribution < 1.29 is 33.4 Å². The summed E-state index contributed by atoms with van der Waals surface area (Å²) in [7, 11) is 1.30. The molecule has 0 fully saturated rings. The molecule has 0 bridgehead atoms. The molecule has 2 aromatic carbocycles. The number of aromatic carboxylic acids is 1. The Morgan fingerprint density at radius 1 is 1.07 bits per heavy atom. The van der Waals surface area contributed by atoms with Gasteiger partial charge >= 0.3 is 11.9 Å². The molecule has 0 unspecified atom stereocenters. The van der Waals surface area contributed by atoms with Gasteiger partial charge < -0.3 is 31.0 Å². The Morgan fingerprint density at radius 3 is 2.43 bits per heavy atom. The Balaban J connectivity index is 0.000000260. The van der Waals surface area contributed by atoms with Crippen molar-refractivity contribution >= 4 is 40.5 Å². The van der Waals surface area contributed by atoms with Crippen LogP contribution in [0.2, 0.25) is 0 Å². The number of ether oxygens (including phenoxy) is 1. The zero-order chi connectivity index (χ0) is 29.7. The number of nitrogens with zero attached hydrogens (tertiary/aromatic N) is 4. The molecular formula is C28H29N7O7. The van der Waals surface area contributed by atoms with E-state index in [-0.39, 0.29) is 31.0 Å². The molecule has 0 aliphatic rings. The fourth-order valence-corrected chi connectivity index (χ4v) is 3.76. The quantitative estimate of drug-likeness (QED) is 0.206. The molecule has 2 amide bonds. The molecule has 3 aromatic heterocycles. The maximum absolute atomic E-state index is 12.4. The topological polar surface area (TPSA) is 218 Å². The minimum Gasteiger partial charge on any atom is -0.477 e. The summed E-state index contributed by atoms with van der Waals surface area (Å²) in [6.45, 7) is 2.01. The van der Waals surface area contributed by atoms with E-state index in [0.717, 1.165) is 5.56 Å². The van der Waals surface area contributed by atoms with E-state index in [0.29, 0.717) is 28.1 Å². The highest BCUT2D eigenvalue weighted by Gasteiger charge is 2.17. The number of aryl methyl sites for hydroxylation is 1. The molecule has 5 rings (SSSR count). The SMILES string of the molecule is C.COC(=O)c1ccc([C@@H](N)C(N)=O)cc1.Cc1nc2cc(CNC(=O)c3cc(C(=O)O)n4nccc4n3)ccc2o1. The lowest BCUT2D eigenvalue weighted by molar-refractivity contribution is -0.119. The second-order valence-corrected chi connectivity index (χ2v) is 8.64. The Labute approximate surface area is 239 Å². The van der Waals surface area contributed by atoms with Gasteiger partial charge in [0.2, 0.25) is 5.91 Å². The molecule has 14 heteroatoms. The molecule has 14 nitrogen and oxygen atoms in total. The summed E-state index contributed by atoms with van der Waals surface area (Å²) in [5, 5.41) is 15.9. The van der Waals surface area contributed by atoms with Gasteiger partial charge in [0.25, 0.3) is 5.91 Å². The molecule has 0 spiro atoms. The summed E-state index contributed by atoms with van der Waals surface area (Å²) >= 11 is 0. The number of carbonyl (C=O) groups excluding carboxylic acids is 3.